The van der Waals surface area contributed by atoms with Gasteiger partial charge < -0.3 is 11.1 Å². The Morgan fingerprint density at radius 2 is 2.12 bits per heavy atom. The summed E-state index contributed by atoms with van der Waals surface area (Å²) in [6.45, 7) is 4.62. The molecule has 0 fully saturated rings. The second-order valence-corrected chi connectivity index (χ2v) is 3.91. The van der Waals surface area contributed by atoms with Crippen molar-refractivity contribution >= 4 is 11.8 Å². The van der Waals surface area contributed by atoms with Crippen LogP contribution in [0.4, 0.5) is 11.8 Å². The van der Waals surface area contributed by atoms with Crippen LogP contribution in [-0.4, -0.2) is 15.0 Å². The zero-order chi connectivity index (χ0) is 12.3. The lowest BCUT2D eigenvalue weighted by molar-refractivity contribution is 1.04. The molecule has 0 atom stereocenters. The molecule has 0 saturated carbocycles. The Kier molecular flexibility index (Phi) is 3.18. The van der Waals surface area contributed by atoms with Crippen LogP contribution in [0.2, 0.25) is 0 Å². The first-order chi connectivity index (χ1) is 8.15. The van der Waals surface area contributed by atoms with Crippen LogP contribution in [0.1, 0.15) is 16.8 Å². The summed E-state index contributed by atoms with van der Waals surface area (Å²) < 4.78 is 0. The van der Waals surface area contributed by atoms with Crippen LogP contribution in [0.3, 0.4) is 0 Å². The molecule has 2 heterocycles. The van der Waals surface area contributed by atoms with Crippen molar-refractivity contribution in [2.24, 2.45) is 0 Å². The molecule has 17 heavy (non-hydrogen) atoms. The number of nitrogens with one attached hydrogen (secondary N) is 1. The van der Waals surface area contributed by atoms with Crippen molar-refractivity contribution in [1.29, 1.82) is 0 Å². The Labute approximate surface area is 100 Å². The van der Waals surface area contributed by atoms with Crippen LogP contribution in [0.25, 0.3) is 0 Å². The van der Waals surface area contributed by atoms with Crippen LogP contribution in [0.15, 0.2) is 24.5 Å². The molecular formula is C12H15N5. The monoisotopic (exact) mass is 229 g/mol. The molecule has 0 amide bonds. The van der Waals surface area contributed by atoms with E-state index in [1.165, 1.54) is 5.56 Å². The van der Waals surface area contributed by atoms with E-state index in [-0.39, 0.29) is 5.95 Å². The van der Waals surface area contributed by atoms with Crippen LogP contribution in [0, 0.1) is 13.8 Å². The Bertz CT molecular complexity index is 504. The van der Waals surface area contributed by atoms with E-state index in [2.05, 4.69) is 27.2 Å². The van der Waals surface area contributed by atoms with Crippen LogP contribution in [0.5, 0.6) is 0 Å². The zero-order valence-corrected chi connectivity index (χ0v) is 9.94. The average molecular weight is 229 g/mol. The van der Waals surface area contributed by atoms with E-state index >= 15 is 0 Å². The maximum absolute atomic E-state index is 5.58. The minimum Gasteiger partial charge on any atom is -0.368 e. The molecule has 0 bridgehead atoms. The van der Waals surface area contributed by atoms with E-state index in [1.807, 2.05) is 25.3 Å². The van der Waals surface area contributed by atoms with E-state index in [4.69, 9.17) is 5.73 Å². The number of nitrogens with zero attached hydrogens (tertiary/aromatic N) is 3. The third-order valence-electron chi connectivity index (χ3n) is 2.48. The van der Waals surface area contributed by atoms with E-state index in [9.17, 15) is 0 Å². The first kappa shape index (κ1) is 11.3. The highest BCUT2D eigenvalue weighted by Crippen LogP contribution is 2.11. The molecule has 0 aliphatic heterocycles. The summed E-state index contributed by atoms with van der Waals surface area (Å²) in [5, 5.41) is 3.21. The molecule has 0 radical (unpaired) electrons. The SMILES string of the molecule is Cc1cc(NCc2cnccc2C)nc(N)n1. The van der Waals surface area contributed by atoms with Crippen molar-refractivity contribution in [3.63, 3.8) is 0 Å². The number of hydrogen-bond acceptors (Lipinski definition) is 5. The maximum atomic E-state index is 5.58. The van der Waals surface area contributed by atoms with Gasteiger partial charge >= 0.3 is 0 Å². The number of nitrogen functional groups attached to an aromatic ring is 1. The fraction of sp³-hybridized carbons (Fsp3) is 0.250. The molecule has 0 saturated heterocycles. The van der Waals surface area contributed by atoms with Gasteiger partial charge in [-0.05, 0) is 31.0 Å². The third kappa shape index (κ3) is 2.90. The molecule has 0 unspecified atom stereocenters. The van der Waals surface area contributed by atoms with Gasteiger partial charge in [-0.3, -0.25) is 4.98 Å². The van der Waals surface area contributed by atoms with E-state index in [0.29, 0.717) is 6.54 Å². The molecule has 0 aromatic carbocycles. The summed E-state index contributed by atoms with van der Waals surface area (Å²) in [5.74, 6) is 1.02. The molecule has 88 valence electrons. The van der Waals surface area contributed by atoms with Crippen molar-refractivity contribution in [2.75, 3.05) is 11.1 Å². The van der Waals surface area contributed by atoms with Gasteiger partial charge in [0.2, 0.25) is 5.95 Å². The van der Waals surface area contributed by atoms with Crippen molar-refractivity contribution in [2.45, 2.75) is 20.4 Å². The Hall–Kier alpha value is -2.17. The molecule has 5 heteroatoms. The van der Waals surface area contributed by atoms with Crippen molar-refractivity contribution in [3.05, 3.63) is 41.3 Å². The molecule has 2 rings (SSSR count). The smallest absolute Gasteiger partial charge is 0.222 e. The maximum Gasteiger partial charge on any atom is 0.222 e. The lowest BCUT2D eigenvalue weighted by Gasteiger charge is -2.08. The number of anilines is 2. The van der Waals surface area contributed by atoms with Gasteiger partial charge in [0.1, 0.15) is 5.82 Å². The predicted molar refractivity (Wildman–Crippen MR) is 67.5 cm³/mol. The first-order valence-electron chi connectivity index (χ1n) is 5.39. The average Bonchev–Trinajstić information content (AvgIpc) is 2.27. The van der Waals surface area contributed by atoms with Crippen molar-refractivity contribution in [3.8, 4) is 0 Å². The summed E-state index contributed by atoms with van der Waals surface area (Å²) in [7, 11) is 0. The largest absolute Gasteiger partial charge is 0.368 e. The van der Waals surface area contributed by atoms with Gasteiger partial charge in [0.25, 0.3) is 0 Å². The normalized spacial score (nSPS) is 10.2. The second kappa shape index (κ2) is 4.78. The standard InChI is InChI=1S/C12H15N5/c1-8-3-4-14-6-10(8)7-15-11-5-9(2)16-12(13)17-11/h3-6H,7H2,1-2H3,(H3,13,15,16,17). The zero-order valence-electron chi connectivity index (χ0n) is 9.94. The summed E-state index contributed by atoms with van der Waals surface area (Å²) >= 11 is 0. The molecule has 5 nitrogen and oxygen atoms in total. The lowest BCUT2D eigenvalue weighted by atomic mass is 10.1. The molecule has 2 aromatic heterocycles. The van der Waals surface area contributed by atoms with Crippen LogP contribution >= 0.6 is 0 Å². The van der Waals surface area contributed by atoms with E-state index in [0.717, 1.165) is 17.1 Å². The van der Waals surface area contributed by atoms with Crippen LogP contribution < -0.4 is 11.1 Å². The van der Waals surface area contributed by atoms with E-state index in [1.54, 1.807) is 6.20 Å². The highest BCUT2D eigenvalue weighted by atomic mass is 15.1. The Balaban J connectivity index is 2.10. The summed E-state index contributed by atoms with van der Waals surface area (Å²) in [6, 6.07) is 3.85. The summed E-state index contributed by atoms with van der Waals surface area (Å²) in [4.78, 5) is 12.2. The van der Waals surface area contributed by atoms with Gasteiger partial charge in [-0.2, -0.15) is 4.98 Å². The summed E-state index contributed by atoms with van der Waals surface area (Å²) in [5.41, 5.74) is 8.77. The van der Waals surface area contributed by atoms with Gasteiger partial charge in [0, 0.05) is 30.7 Å². The number of pyridine rings is 1. The number of aryl methyl sites for hydroxylation is 2. The lowest BCUT2D eigenvalue weighted by Crippen LogP contribution is -2.06. The fourth-order valence-corrected chi connectivity index (χ4v) is 1.55. The predicted octanol–water partition coefficient (Wildman–Crippen LogP) is 1.68. The molecule has 3 N–H and O–H groups in total. The van der Waals surface area contributed by atoms with Gasteiger partial charge in [-0.25, -0.2) is 4.98 Å². The number of aromatic nitrogens is 3. The van der Waals surface area contributed by atoms with Gasteiger partial charge in [-0.1, -0.05) is 0 Å². The number of rotatable bonds is 3. The third-order valence-corrected chi connectivity index (χ3v) is 2.48. The van der Waals surface area contributed by atoms with Gasteiger partial charge in [-0.15, -0.1) is 0 Å². The van der Waals surface area contributed by atoms with Crippen molar-refractivity contribution in [1.82, 2.24) is 15.0 Å². The van der Waals surface area contributed by atoms with Crippen LogP contribution in [-0.2, 0) is 6.54 Å². The molecule has 0 aliphatic carbocycles. The highest BCUT2D eigenvalue weighted by molar-refractivity contribution is 5.41. The minimum atomic E-state index is 0.287. The molecule has 2 aromatic rings. The van der Waals surface area contributed by atoms with Gasteiger partial charge in [0.05, 0.1) is 0 Å². The number of hydrogen-bond donors (Lipinski definition) is 2. The molecule has 0 spiro atoms. The Morgan fingerprint density at radius 1 is 1.29 bits per heavy atom. The highest BCUT2D eigenvalue weighted by Gasteiger charge is 2.01. The first-order valence-corrected chi connectivity index (χ1v) is 5.39. The molecule has 0 aliphatic rings. The quantitative estimate of drug-likeness (QED) is 0.837. The fourth-order valence-electron chi connectivity index (χ4n) is 1.55. The number of nitrogens with two attached hydrogens (primary N) is 1. The minimum absolute atomic E-state index is 0.287. The topological polar surface area (TPSA) is 76.7 Å². The van der Waals surface area contributed by atoms with Crippen molar-refractivity contribution < 1.29 is 0 Å². The second-order valence-electron chi connectivity index (χ2n) is 3.91. The van der Waals surface area contributed by atoms with Gasteiger partial charge in [0.15, 0.2) is 0 Å². The van der Waals surface area contributed by atoms with E-state index < -0.39 is 0 Å². The Morgan fingerprint density at radius 3 is 2.82 bits per heavy atom. The summed E-state index contributed by atoms with van der Waals surface area (Å²) in [6.07, 6.45) is 3.63. The molecular weight excluding hydrogens is 214 g/mol.